The van der Waals surface area contributed by atoms with Crippen molar-refractivity contribution in [1.82, 2.24) is 4.98 Å². The lowest BCUT2D eigenvalue weighted by atomic mass is 10.3. The molecule has 1 aliphatic heterocycles. The highest BCUT2D eigenvalue weighted by atomic mass is 32.2. The molecule has 4 nitrogen and oxygen atoms in total. The van der Waals surface area contributed by atoms with Crippen LogP contribution in [0.4, 0.5) is 0 Å². The van der Waals surface area contributed by atoms with Crippen LogP contribution in [0.5, 0.6) is 5.75 Å². The quantitative estimate of drug-likeness (QED) is 0.812. The molecular formula is C14H13NO3S2. The van der Waals surface area contributed by atoms with Crippen molar-refractivity contribution in [1.29, 1.82) is 0 Å². The van der Waals surface area contributed by atoms with Gasteiger partial charge >= 0.3 is 5.97 Å². The fourth-order valence-electron chi connectivity index (χ4n) is 1.88. The Kier molecular flexibility index (Phi) is 3.93. The molecule has 0 saturated heterocycles. The Balaban J connectivity index is 1.77. The standard InChI is InChI=1S/C14H13NO3S2/c1-2-17-14(16)9-7-20-13(15-9)11-8-19-12-6-4-3-5-10(12)18-11/h3-7,11H,2,8H2,1H3. The van der Waals surface area contributed by atoms with Crippen LogP contribution in [-0.4, -0.2) is 23.3 Å². The smallest absolute Gasteiger partial charge is 0.357 e. The number of hydrogen-bond donors (Lipinski definition) is 0. The number of fused-ring (bicyclic) bond motifs is 1. The first-order valence-electron chi connectivity index (χ1n) is 6.29. The van der Waals surface area contributed by atoms with Gasteiger partial charge in [0.2, 0.25) is 0 Å². The van der Waals surface area contributed by atoms with Gasteiger partial charge in [0.05, 0.1) is 6.61 Å². The van der Waals surface area contributed by atoms with E-state index in [-0.39, 0.29) is 12.1 Å². The molecule has 0 saturated carbocycles. The third-order valence-electron chi connectivity index (χ3n) is 2.79. The average molecular weight is 307 g/mol. The van der Waals surface area contributed by atoms with Crippen LogP contribution >= 0.6 is 23.1 Å². The number of carbonyl (C=O) groups excluding carboxylic acids is 1. The van der Waals surface area contributed by atoms with Gasteiger partial charge in [-0.05, 0) is 19.1 Å². The molecule has 0 bridgehead atoms. The first-order chi connectivity index (χ1) is 9.78. The summed E-state index contributed by atoms with van der Waals surface area (Å²) in [4.78, 5) is 17.1. The number of para-hydroxylation sites is 1. The summed E-state index contributed by atoms with van der Waals surface area (Å²) in [6.07, 6.45) is -0.108. The van der Waals surface area contributed by atoms with Crippen molar-refractivity contribution in [3.05, 3.63) is 40.3 Å². The van der Waals surface area contributed by atoms with E-state index in [4.69, 9.17) is 9.47 Å². The second-order valence-corrected chi connectivity index (χ2v) is 6.11. The summed E-state index contributed by atoms with van der Waals surface area (Å²) in [6.45, 7) is 2.14. The predicted molar refractivity (Wildman–Crippen MR) is 78.6 cm³/mol. The number of thiazole rings is 1. The second-order valence-electron chi connectivity index (χ2n) is 4.16. The lowest BCUT2D eigenvalue weighted by Gasteiger charge is -2.23. The zero-order valence-corrected chi connectivity index (χ0v) is 12.5. The van der Waals surface area contributed by atoms with E-state index in [0.29, 0.717) is 12.3 Å². The van der Waals surface area contributed by atoms with Gasteiger partial charge in [0.25, 0.3) is 0 Å². The van der Waals surface area contributed by atoms with Crippen LogP contribution < -0.4 is 4.74 Å². The monoisotopic (exact) mass is 307 g/mol. The molecular weight excluding hydrogens is 294 g/mol. The van der Waals surface area contributed by atoms with Crippen LogP contribution in [0.1, 0.15) is 28.5 Å². The van der Waals surface area contributed by atoms with E-state index in [1.807, 2.05) is 24.3 Å². The number of carbonyl (C=O) groups is 1. The van der Waals surface area contributed by atoms with Crippen LogP contribution in [0.3, 0.4) is 0 Å². The van der Waals surface area contributed by atoms with Gasteiger partial charge in [-0.25, -0.2) is 9.78 Å². The van der Waals surface area contributed by atoms with Gasteiger partial charge in [-0.2, -0.15) is 0 Å². The Hall–Kier alpha value is -1.53. The largest absolute Gasteiger partial charge is 0.481 e. The summed E-state index contributed by atoms with van der Waals surface area (Å²) >= 11 is 3.18. The molecule has 1 aliphatic rings. The highest BCUT2D eigenvalue weighted by Gasteiger charge is 2.25. The fourth-order valence-corrected chi connectivity index (χ4v) is 3.79. The Bertz CT molecular complexity index is 626. The van der Waals surface area contributed by atoms with Crippen molar-refractivity contribution >= 4 is 29.1 Å². The van der Waals surface area contributed by atoms with Crippen molar-refractivity contribution in [3.63, 3.8) is 0 Å². The average Bonchev–Trinajstić information content (AvgIpc) is 2.97. The van der Waals surface area contributed by atoms with Crippen LogP contribution in [-0.2, 0) is 4.74 Å². The van der Waals surface area contributed by atoms with Crippen LogP contribution in [0.25, 0.3) is 0 Å². The van der Waals surface area contributed by atoms with Crippen molar-refractivity contribution in [2.75, 3.05) is 12.4 Å². The molecule has 1 unspecified atom stereocenters. The van der Waals surface area contributed by atoms with E-state index in [1.165, 1.54) is 11.3 Å². The van der Waals surface area contributed by atoms with E-state index < -0.39 is 0 Å². The maximum absolute atomic E-state index is 11.6. The molecule has 0 N–H and O–H groups in total. The fraction of sp³-hybridized carbons (Fsp3) is 0.286. The maximum Gasteiger partial charge on any atom is 0.357 e. The van der Waals surface area contributed by atoms with Crippen LogP contribution in [0, 0.1) is 0 Å². The molecule has 6 heteroatoms. The normalized spacial score (nSPS) is 17.1. The topological polar surface area (TPSA) is 48.4 Å². The SMILES string of the molecule is CCOC(=O)c1csc(C2CSc3ccccc3O2)n1. The molecule has 3 rings (SSSR count). The molecule has 0 spiro atoms. The van der Waals surface area contributed by atoms with Crippen molar-refractivity contribution < 1.29 is 14.3 Å². The number of thioether (sulfide) groups is 1. The summed E-state index contributed by atoms with van der Waals surface area (Å²) in [5.74, 6) is 1.30. The van der Waals surface area contributed by atoms with Crippen molar-refractivity contribution in [3.8, 4) is 5.75 Å². The summed E-state index contributed by atoms with van der Waals surface area (Å²) in [5, 5.41) is 2.54. The molecule has 20 heavy (non-hydrogen) atoms. The summed E-state index contributed by atoms with van der Waals surface area (Å²) in [6, 6.07) is 7.95. The minimum absolute atomic E-state index is 0.108. The number of rotatable bonds is 3. The molecule has 1 aromatic heterocycles. The van der Waals surface area contributed by atoms with E-state index in [2.05, 4.69) is 4.98 Å². The summed E-state index contributed by atoms with van der Waals surface area (Å²) in [7, 11) is 0. The Morgan fingerprint density at radius 2 is 2.35 bits per heavy atom. The predicted octanol–water partition coefficient (Wildman–Crippen LogP) is 3.55. The first-order valence-corrected chi connectivity index (χ1v) is 8.15. The number of benzene rings is 1. The van der Waals surface area contributed by atoms with Crippen molar-refractivity contribution in [2.24, 2.45) is 0 Å². The maximum atomic E-state index is 11.6. The third-order valence-corrected chi connectivity index (χ3v) is 4.85. The van der Waals surface area contributed by atoms with Gasteiger partial charge in [0.1, 0.15) is 10.8 Å². The van der Waals surface area contributed by atoms with Gasteiger partial charge in [-0.3, -0.25) is 0 Å². The van der Waals surface area contributed by atoms with Gasteiger partial charge in [-0.15, -0.1) is 23.1 Å². The summed E-state index contributed by atoms with van der Waals surface area (Å²) in [5.41, 5.74) is 0.360. The minimum Gasteiger partial charge on any atom is -0.481 e. The zero-order valence-electron chi connectivity index (χ0n) is 10.9. The Morgan fingerprint density at radius 3 is 3.20 bits per heavy atom. The van der Waals surface area contributed by atoms with E-state index in [1.54, 1.807) is 24.1 Å². The highest BCUT2D eigenvalue weighted by molar-refractivity contribution is 7.99. The number of hydrogen-bond acceptors (Lipinski definition) is 6. The van der Waals surface area contributed by atoms with E-state index in [9.17, 15) is 4.79 Å². The Labute approximate surface area is 125 Å². The number of esters is 1. The first kappa shape index (κ1) is 13.5. The summed E-state index contributed by atoms with van der Waals surface area (Å²) < 4.78 is 10.9. The number of aromatic nitrogens is 1. The zero-order chi connectivity index (χ0) is 13.9. The molecule has 0 radical (unpaired) electrons. The second kappa shape index (κ2) is 5.85. The van der Waals surface area contributed by atoms with Crippen LogP contribution in [0.2, 0.25) is 0 Å². The minimum atomic E-state index is -0.376. The molecule has 0 fully saturated rings. The lowest BCUT2D eigenvalue weighted by Crippen LogP contribution is -2.15. The molecule has 0 aliphatic carbocycles. The highest BCUT2D eigenvalue weighted by Crippen LogP contribution is 2.40. The van der Waals surface area contributed by atoms with Crippen LogP contribution in [0.15, 0.2) is 34.5 Å². The molecule has 104 valence electrons. The van der Waals surface area contributed by atoms with Crippen molar-refractivity contribution in [2.45, 2.75) is 17.9 Å². The Morgan fingerprint density at radius 1 is 1.50 bits per heavy atom. The molecule has 2 heterocycles. The molecule has 2 aromatic rings. The van der Waals surface area contributed by atoms with Gasteiger partial charge in [0, 0.05) is 16.0 Å². The number of nitrogens with zero attached hydrogens (tertiary/aromatic N) is 1. The molecule has 0 amide bonds. The number of ether oxygens (including phenoxy) is 2. The van der Waals surface area contributed by atoms with E-state index >= 15 is 0 Å². The molecule has 1 atom stereocenters. The molecule has 1 aromatic carbocycles. The third kappa shape index (κ3) is 2.66. The van der Waals surface area contributed by atoms with Gasteiger partial charge in [-0.1, -0.05) is 12.1 Å². The van der Waals surface area contributed by atoms with Gasteiger partial charge < -0.3 is 9.47 Å². The van der Waals surface area contributed by atoms with Gasteiger partial charge in [0.15, 0.2) is 11.8 Å². The van der Waals surface area contributed by atoms with E-state index in [0.717, 1.165) is 21.4 Å². The lowest BCUT2D eigenvalue weighted by molar-refractivity contribution is 0.0520.